The maximum Gasteiger partial charge on any atom is 0.145 e. The standard InChI is InChI=1S/C13H10Cl4N2/c1-2-18-13-11(17)6-10(16)12(19-13)7-3-8(14)5-9(15)4-7/h3-6H,2H2,1H3,(H,18,19). The Kier molecular flexibility index (Phi) is 4.80. The number of benzene rings is 1. The third-order valence-electron chi connectivity index (χ3n) is 2.41. The van der Waals surface area contributed by atoms with Gasteiger partial charge in [0.1, 0.15) is 5.82 Å². The molecule has 0 aliphatic rings. The molecule has 2 aromatic rings. The predicted octanol–water partition coefficient (Wildman–Crippen LogP) is 5.79. The van der Waals surface area contributed by atoms with Crippen LogP contribution in [0.2, 0.25) is 20.1 Å². The smallest absolute Gasteiger partial charge is 0.145 e. The van der Waals surface area contributed by atoms with E-state index >= 15 is 0 Å². The van der Waals surface area contributed by atoms with Crippen molar-refractivity contribution >= 4 is 52.2 Å². The molecule has 1 aromatic heterocycles. The summed E-state index contributed by atoms with van der Waals surface area (Å²) in [5.74, 6) is 0.583. The first-order valence-electron chi connectivity index (χ1n) is 5.57. The Bertz CT molecular complexity index is 594. The predicted molar refractivity (Wildman–Crippen MR) is 83.9 cm³/mol. The van der Waals surface area contributed by atoms with Gasteiger partial charge >= 0.3 is 0 Å². The fraction of sp³-hybridized carbons (Fsp3) is 0.154. The number of nitrogens with one attached hydrogen (secondary N) is 1. The van der Waals surface area contributed by atoms with E-state index in [0.29, 0.717) is 38.1 Å². The van der Waals surface area contributed by atoms with Crippen molar-refractivity contribution in [2.45, 2.75) is 6.92 Å². The summed E-state index contributed by atoms with van der Waals surface area (Å²) in [5.41, 5.74) is 1.34. The van der Waals surface area contributed by atoms with E-state index in [1.807, 2.05) is 6.92 Å². The number of rotatable bonds is 3. The molecule has 0 atom stereocenters. The van der Waals surface area contributed by atoms with Gasteiger partial charge in [-0.1, -0.05) is 46.4 Å². The van der Waals surface area contributed by atoms with Gasteiger partial charge in [0, 0.05) is 22.2 Å². The first-order chi connectivity index (χ1) is 9.01. The van der Waals surface area contributed by atoms with E-state index < -0.39 is 0 Å². The topological polar surface area (TPSA) is 24.9 Å². The van der Waals surface area contributed by atoms with Crippen molar-refractivity contribution in [1.29, 1.82) is 0 Å². The third kappa shape index (κ3) is 3.46. The Labute approximate surface area is 131 Å². The lowest BCUT2D eigenvalue weighted by Gasteiger charge is -2.10. The molecule has 6 heteroatoms. The molecule has 2 nitrogen and oxygen atoms in total. The first-order valence-corrected chi connectivity index (χ1v) is 7.09. The monoisotopic (exact) mass is 334 g/mol. The van der Waals surface area contributed by atoms with E-state index in [1.165, 1.54) is 0 Å². The van der Waals surface area contributed by atoms with Crippen LogP contribution in [0.4, 0.5) is 5.82 Å². The van der Waals surface area contributed by atoms with Crippen LogP contribution in [-0.4, -0.2) is 11.5 Å². The minimum Gasteiger partial charge on any atom is -0.369 e. The summed E-state index contributed by atoms with van der Waals surface area (Å²) in [6.07, 6.45) is 0. The van der Waals surface area contributed by atoms with Crippen LogP contribution in [0.15, 0.2) is 24.3 Å². The number of pyridine rings is 1. The fourth-order valence-corrected chi connectivity index (χ4v) is 2.71. The summed E-state index contributed by atoms with van der Waals surface area (Å²) in [6, 6.07) is 6.82. The van der Waals surface area contributed by atoms with Gasteiger partial charge in [0.25, 0.3) is 0 Å². The molecule has 0 aliphatic carbocycles. The first kappa shape index (κ1) is 14.7. The van der Waals surface area contributed by atoms with Crippen LogP contribution < -0.4 is 5.32 Å². The highest BCUT2D eigenvalue weighted by Crippen LogP contribution is 2.34. The van der Waals surface area contributed by atoms with Crippen LogP contribution in [-0.2, 0) is 0 Å². The number of hydrogen-bond acceptors (Lipinski definition) is 2. The lowest BCUT2D eigenvalue weighted by molar-refractivity contribution is 1.16. The maximum absolute atomic E-state index is 6.18. The molecule has 19 heavy (non-hydrogen) atoms. The van der Waals surface area contributed by atoms with Crippen LogP contribution >= 0.6 is 46.4 Å². The van der Waals surface area contributed by atoms with Crippen LogP contribution in [0.25, 0.3) is 11.3 Å². The molecule has 0 bridgehead atoms. The van der Waals surface area contributed by atoms with Crippen molar-refractivity contribution in [3.8, 4) is 11.3 Å². The van der Waals surface area contributed by atoms with E-state index in [4.69, 9.17) is 46.4 Å². The van der Waals surface area contributed by atoms with Crippen LogP contribution in [0, 0.1) is 0 Å². The minimum absolute atomic E-state index is 0.449. The van der Waals surface area contributed by atoms with Gasteiger partial charge in [0.15, 0.2) is 0 Å². The van der Waals surface area contributed by atoms with Gasteiger partial charge in [-0.15, -0.1) is 0 Å². The van der Waals surface area contributed by atoms with E-state index in [2.05, 4.69) is 10.3 Å². The zero-order valence-electron chi connectivity index (χ0n) is 9.98. The normalized spacial score (nSPS) is 10.6. The molecule has 0 saturated carbocycles. The lowest BCUT2D eigenvalue weighted by atomic mass is 10.1. The average Bonchev–Trinajstić information content (AvgIpc) is 2.31. The summed E-state index contributed by atoms with van der Waals surface area (Å²) in [6.45, 7) is 2.67. The van der Waals surface area contributed by atoms with Crippen LogP contribution in [0.3, 0.4) is 0 Å². The van der Waals surface area contributed by atoms with Crippen molar-refractivity contribution in [2.24, 2.45) is 0 Å². The fourth-order valence-electron chi connectivity index (χ4n) is 1.65. The molecule has 0 fully saturated rings. The maximum atomic E-state index is 6.18. The summed E-state index contributed by atoms with van der Waals surface area (Å²) >= 11 is 24.2. The van der Waals surface area contributed by atoms with Gasteiger partial charge in [0.2, 0.25) is 0 Å². The molecular formula is C13H10Cl4N2. The number of hydrogen-bond donors (Lipinski definition) is 1. The van der Waals surface area contributed by atoms with Crippen LogP contribution in [0.1, 0.15) is 6.92 Å². The largest absolute Gasteiger partial charge is 0.369 e. The summed E-state index contributed by atoms with van der Waals surface area (Å²) in [7, 11) is 0. The summed E-state index contributed by atoms with van der Waals surface area (Å²) in [5, 5.41) is 5.06. The Balaban J connectivity index is 2.57. The Morgan fingerprint density at radius 1 is 0.947 bits per heavy atom. The van der Waals surface area contributed by atoms with Gasteiger partial charge in [-0.2, -0.15) is 0 Å². The minimum atomic E-state index is 0.449. The zero-order chi connectivity index (χ0) is 14.0. The van der Waals surface area contributed by atoms with Crippen molar-refractivity contribution in [3.63, 3.8) is 0 Å². The molecule has 0 amide bonds. The Hall–Kier alpha value is -0.670. The van der Waals surface area contributed by atoms with Gasteiger partial charge in [-0.25, -0.2) is 4.98 Å². The van der Waals surface area contributed by atoms with Gasteiger partial charge in [-0.05, 0) is 31.2 Å². The number of halogens is 4. The molecule has 1 aromatic carbocycles. The Morgan fingerprint density at radius 2 is 1.58 bits per heavy atom. The van der Waals surface area contributed by atoms with Crippen LogP contribution in [0.5, 0.6) is 0 Å². The lowest BCUT2D eigenvalue weighted by Crippen LogP contribution is -2.01. The second kappa shape index (κ2) is 6.19. The van der Waals surface area contributed by atoms with Gasteiger partial charge in [-0.3, -0.25) is 0 Å². The molecule has 0 spiro atoms. The highest BCUT2D eigenvalue weighted by molar-refractivity contribution is 6.38. The highest BCUT2D eigenvalue weighted by Gasteiger charge is 2.12. The SMILES string of the molecule is CCNc1nc(-c2cc(Cl)cc(Cl)c2)c(Cl)cc1Cl. The summed E-state index contributed by atoms with van der Waals surface area (Å²) in [4.78, 5) is 4.42. The second-order valence-electron chi connectivity index (χ2n) is 3.84. The Morgan fingerprint density at radius 3 is 2.16 bits per heavy atom. The molecule has 0 aliphatic heterocycles. The van der Waals surface area contributed by atoms with E-state index in [9.17, 15) is 0 Å². The number of anilines is 1. The molecule has 1 heterocycles. The van der Waals surface area contributed by atoms with Gasteiger partial charge in [0.05, 0.1) is 15.7 Å². The molecule has 0 saturated heterocycles. The molecule has 0 radical (unpaired) electrons. The average molecular weight is 336 g/mol. The number of aromatic nitrogens is 1. The van der Waals surface area contributed by atoms with E-state index in [0.717, 1.165) is 5.56 Å². The van der Waals surface area contributed by atoms with Crippen molar-refractivity contribution < 1.29 is 0 Å². The van der Waals surface area contributed by atoms with Crippen molar-refractivity contribution in [2.75, 3.05) is 11.9 Å². The molecule has 2 rings (SSSR count). The summed E-state index contributed by atoms with van der Waals surface area (Å²) < 4.78 is 0. The van der Waals surface area contributed by atoms with Gasteiger partial charge < -0.3 is 5.32 Å². The van der Waals surface area contributed by atoms with E-state index in [-0.39, 0.29) is 0 Å². The quantitative estimate of drug-likeness (QED) is 0.767. The number of nitrogens with zero attached hydrogens (tertiary/aromatic N) is 1. The van der Waals surface area contributed by atoms with Crippen molar-refractivity contribution in [1.82, 2.24) is 4.98 Å². The molecule has 100 valence electrons. The molecule has 0 unspecified atom stereocenters. The highest BCUT2D eigenvalue weighted by atomic mass is 35.5. The third-order valence-corrected chi connectivity index (χ3v) is 3.42. The zero-order valence-corrected chi connectivity index (χ0v) is 13.0. The van der Waals surface area contributed by atoms with E-state index in [1.54, 1.807) is 24.3 Å². The van der Waals surface area contributed by atoms with Crippen molar-refractivity contribution in [3.05, 3.63) is 44.4 Å². The second-order valence-corrected chi connectivity index (χ2v) is 5.52. The molecule has 1 N–H and O–H groups in total. The molecular weight excluding hydrogens is 326 g/mol.